The van der Waals surface area contributed by atoms with Crippen LogP contribution in [0.15, 0.2) is 0 Å². The van der Waals surface area contributed by atoms with Crippen LogP contribution in [0.5, 0.6) is 0 Å². The van der Waals surface area contributed by atoms with Crippen LogP contribution in [-0.4, -0.2) is 29.1 Å². The number of carbonyl (C=O) groups is 1. The zero-order valence-electron chi connectivity index (χ0n) is 11.7. The largest absolute Gasteiger partial charge is 0.325 e. The summed E-state index contributed by atoms with van der Waals surface area (Å²) >= 11 is 0. The van der Waals surface area contributed by atoms with E-state index in [4.69, 9.17) is 0 Å². The Kier molecular flexibility index (Phi) is 3.13. The Morgan fingerprint density at radius 3 is 2.33 bits per heavy atom. The monoisotopic (exact) mass is 250 g/mol. The molecule has 1 heterocycles. The van der Waals surface area contributed by atoms with E-state index in [1.165, 1.54) is 32.1 Å². The van der Waals surface area contributed by atoms with Crippen LogP contribution >= 0.6 is 0 Å². The van der Waals surface area contributed by atoms with Gasteiger partial charge in [0.25, 0.3) is 0 Å². The molecule has 0 aromatic rings. The van der Waals surface area contributed by atoms with Gasteiger partial charge in [-0.15, -0.1) is 0 Å². The molecule has 1 spiro atoms. The van der Waals surface area contributed by atoms with Crippen LogP contribution in [-0.2, 0) is 4.79 Å². The van der Waals surface area contributed by atoms with Gasteiger partial charge in [0, 0.05) is 6.04 Å². The molecule has 1 N–H and O–H groups in total. The highest BCUT2D eigenvalue weighted by Crippen LogP contribution is 2.38. The third kappa shape index (κ3) is 1.97. The third-order valence-electron chi connectivity index (χ3n) is 5.31. The summed E-state index contributed by atoms with van der Waals surface area (Å²) in [7, 11) is 0. The number of hydrogen-bond donors (Lipinski definition) is 1. The smallest absolute Gasteiger partial charge is 0.244 e. The Morgan fingerprint density at radius 1 is 1.11 bits per heavy atom. The minimum atomic E-state index is -0.163. The van der Waals surface area contributed by atoms with E-state index in [2.05, 4.69) is 24.1 Å². The first-order valence-corrected chi connectivity index (χ1v) is 7.67. The van der Waals surface area contributed by atoms with E-state index in [0.717, 1.165) is 31.3 Å². The number of rotatable bonds is 1. The average molecular weight is 250 g/mol. The van der Waals surface area contributed by atoms with Gasteiger partial charge in [0.05, 0.1) is 12.2 Å². The number of nitrogens with zero attached hydrogens (tertiary/aromatic N) is 1. The second-order valence-electron chi connectivity index (χ2n) is 6.97. The van der Waals surface area contributed by atoms with Gasteiger partial charge in [0.15, 0.2) is 0 Å². The number of nitrogens with one attached hydrogen (secondary N) is 1. The minimum Gasteiger partial charge on any atom is -0.325 e. The van der Waals surface area contributed by atoms with E-state index in [1.54, 1.807) is 0 Å². The quantitative estimate of drug-likeness (QED) is 0.775. The van der Waals surface area contributed by atoms with Gasteiger partial charge in [0.1, 0.15) is 0 Å². The summed E-state index contributed by atoms with van der Waals surface area (Å²) in [6.45, 7) is 5.47. The normalized spacial score (nSPS) is 39.8. The van der Waals surface area contributed by atoms with E-state index in [0.29, 0.717) is 11.9 Å². The molecule has 1 aliphatic heterocycles. The number of carbonyl (C=O) groups excluding carboxylic acids is 1. The predicted octanol–water partition coefficient (Wildman–Crippen LogP) is 2.51. The predicted molar refractivity (Wildman–Crippen MR) is 72.0 cm³/mol. The van der Waals surface area contributed by atoms with Gasteiger partial charge >= 0.3 is 0 Å². The molecule has 2 atom stereocenters. The van der Waals surface area contributed by atoms with E-state index in [9.17, 15) is 4.79 Å². The van der Waals surface area contributed by atoms with Gasteiger partial charge in [-0.05, 0) is 43.9 Å². The summed E-state index contributed by atoms with van der Waals surface area (Å²) in [5, 5.41) is 3.54. The van der Waals surface area contributed by atoms with Crippen LogP contribution in [0.3, 0.4) is 0 Å². The molecule has 3 fully saturated rings. The maximum Gasteiger partial charge on any atom is 0.244 e. The van der Waals surface area contributed by atoms with Crippen LogP contribution in [0.1, 0.15) is 58.8 Å². The number of hydrogen-bond acceptors (Lipinski definition) is 2. The number of amides is 1. The molecule has 3 nitrogen and oxygen atoms in total. The molecule has 0 bridgehead atoms. The molecule has 1 saturated heterocycles. The van der Waals surface area contributed by atoms with Gasteiger partial charge in [-0.2, -0.15) is 0 Å². The highest BCUT2D eigenvalue weighted by molar-refractivity contribution is 5.89. The standard InChI is InChI=1S/C15H26N2O/c1-11-7-12(2)9-13(8-11)17-10-16-15(14(17)18)5-3-4-6-15/h11-13,16H,3-10H2,1-2H3. The molecule has 3 heteroatoms. The lowest BCUT2D eigenvalue weighted by Crippen LogP contribution is -2.47. The Hall–Kier alpha value is -0.570. The first-order valence-electron chi connectivity index (χ1n) is 7.67. The molecule has 18 heavy (non-hydrogen) atoms. The van der Waals surface area contributed by atoms with Gasteiger partial charge in [-0.1, -0.05) is 26.7 Å². The van der Waals surface area contributed by atoms with Crippen molar-refractivity contribution >= 4 is 5.91 Å². The van der Waals surface area contributed by atoms with Gasteiger partial charge in [-0.3, -0.25) is 10.1 Å². The van der Waals surface area contributed by atoms with Crippen LogP contribution < -0.4 is 5.32 Å². The topological polar surface area (TPSA) is 32.3 Å². The molecule has 1 amide bonds. The Morgan fingerprint density at radius 2 is 1.72 bits per heavy atom. The lowest BCUT2D eigenvalue weighted by Gasteiger charge is -2.37. The molecule has 0 aromatic heterocycles. The maximum absolute atomic E-state index is 12.7. The summed E-state index contributed by atoms with van der Waals surface area (Å²) in [5.74, 6) is 1.95. The van der Waals surface area contributed by atoms with Crippen LogP contribution in [0, 0.1) is 11.8 Å². The van der Waals surface area contributed by atoms with Crippen molar-refractivity contribution in [2.24, 2.45) is 11.8 Å². The average Bonchev–Trinajstić information content (AvgIpc) is 2.89. The molecule has 2 saturated carbocycles. The molecule has 102 valence electrons. The molecular weight excluding hydrogens is 224 g/mol. The summed E-state index contributed by atoms with van der Waals surface area (Å²) in [6.07, 6.45) is 8.27. The maximum atomic E-state index is 12.7. The molecule has 2 aliphatic carbocycles. The second-order valence-corrected chi connectivity index (χ2v) is 6.97. The summed E-state index contributed by atoms with van der Waals surface area (Å²) < 4.78 is 0. The van der Waals surface area contributed by atoms with Crippen molar-refractivity contribution in [2.45, 2.75) is 70.4 Å². The summed E-state index contributed by atoms with van der Waals surface area (Å²) in [4.78, 5) is 14.9. The SMILES string of the molecule is CC1CC(C)CC(N2CNC3(CCCC3)C2=O)C1. The van der Waals surface area contributed by atoms with Crippen molar-refractivity contribution in [1.29, 1.82) is 0 Å². The van der Waals surface area contributed by atoms with Crippen molar-refractivity contribution in [3.63, 3.8) is 0 Å². The van der Waals surface area contributed by atoms with Crippen molar-refractivity contribution in [2.75, 3.05) is 6.67 Å². The van der Waals surface area contributed by atoms with E-state index >= 15 is 0 Å². The fraction of sp³-hybridized carbons (Fsp3) is 0.933. The third-order valence-corrected chi connectivity index (χ3v) is 5.31. The summed E-state index contributed by atoms with van der Waals surface area (Å²) in [5.41, 5.74) is -0.163. The first-order chi connectivity index (χ1) is 8.61. The van der Waals surface area contributed by atoms with Crippen molar-refractivity contribution < 1.29 is 4.79 Å². The Balaban J connectivity index is 1.72. The van der Waals surface area contributed by atoms with E-state index in [-0.39, 0.29) is 5.54 Å². The Bertz CT molecular complexity index is 325. The van der Waals surface area contributed by atoms with Crippen LogP contribution in [0.2, 0.25) is 0 Å². The van der Waals surface area contributed by atoms with Gasteiger partial charge < -0.3 is 4.90 Å². The van der Waals surface area contributed by atoms with Gasteiger partial charge in [-0.25, -0.2) is 0 Å². The molecule has 0 radical (unpaired) electrons. The molecule has 3 aliphatic rings. The second kappa shape index (κ2) is 4.52. The van der Waals surface area contributed by atoms with Gasteiger partial charge in [0.2, 0.25) is 5.91 Å². The van der Waals surface area contributed by atoms with Crippen molar-refractivity contribution in [1.82, 2.24) is 10.2 Å². The minimum absolute atomic E-state index is 0.163. The van der Waals surface area contributed by atoms with E-state index in [1.807, 2.05) is 0 Å². The Labute approximate surface area is 110 Å². The van der Waals surface area contributed by atoms with Crippen LogP contribution in [0.4, 0.5) is 0 Å². The van der Waals surface area contributed by atoms with Crippen molar-refractivity contribution in [3.05, 3.63) is 0 Å². The lowest BCUT2D eigenvalue weighted by atomic mass is 9.79. The first kappa shape index (κ1) is 12.5. The molecule has 0 aromatic carbocycles. The summed E-state index contributed by atoms with van der Waals surface area (Å²) in [6, 6.07) is 0.490. The van der Waals surface area contributed by atoms with E-state index < -0.39 is 0 Å². The zero-order valence-corrected chi connectivity index (χ0v) is 11.7. The lowest BCUT2D eigenvalue weighted by molar-refractivity contribution is -0.135. The molecular formula is C15H26N2O. The highest BCUT2D eigenvalue weighted by Gasteiger charge is 2.50. The molecule has 2 unspecified atom stereocenters. The fourth-order valence-electron chi connectivity index (χ4n) is 4.48. The van der Waals surface area contributed by atoms with Crippen LogP contribution in [0.25, 0.3) is 0 Å². The van der Waals surface area contributed by atoms with Crippen molar-refractivity contribution in [3.8, 4) is 0 Å². The zero-order chi connectivity index (χ0) is 12.8. The highest BCUT2D eigenvalue weighted by atomic mass is 16.2. The fourth-order valence-corrected chi connectivity index (χ4v) is 4.48. The molecule has 3 rings (SSSR count).